The molecule has 3 aromatic heterocycles. The molecular weight excluding hydrogens is 438 g/mol. The SMILES string of the molecule is O=C(O)c1cc(CO)nc(CNCc2nnc(-c3cccs3)n2CCCc2ccccc2)c1. The number of pyridine rings is 1. The molecule has 1 aromatic carbocycles. The van der Waals surface area contributed by atoms with Crippen molar-refractivity contribution in [2.45, 2.75) is 39.1 Å². The van der Waals surface area contributed by atoms with E-state index in [1.807, 2.05) is 23.6 Å². The maximum Gasteiger partial charge on any atom is 0.335 e. The van der Waals surface area contributed by atoms with Crippen LogP contribution in [0.1, 0.15) is 39.6 Å². The molecule has 0 radical (unpaired) electrons. The number of rotatable bonds is 11. The molecule has 0 aliphatic heterocycles. The van der Waals surface area contributed by atoms with Crippen LogP contribution in [-0.2, 0) is 32.7 Å². The van der Waals surface area contributed by atoms with Crippen molar-refractivity contribution >= 4 is 17.3 Å². The molecule has 0 spiro atoms. The summed E-state index contributed by atoms with van der Waals surface area (Å²) in [5.41, 5.74) is 2.28. The Labute approximate surface area is 195 Å². The van der Waals surface area contributed by atoms with E-state index in [2.05, 4.69) is 49.3 Å². The number of aliphatic hydroxyl groups is 1. The van der Waals surface area contributed by atoms with E-state index in [0.717, 1.165) is 35.9 Å². The quantitative estimate of drug-likeness (QED) is 0.312. The standard InChI is InChI=1S/C24H25N5O3S/c30-16-20-13-18(24(31)32)12-19(26-20)14-25-15-22-27-28-23(21-9-5-11-33-21)29(22)10-4-8-17-6-2-1-3-7-17/h1-3,5-7,9,11-13,25,30H,4,8,10,14-16H2,(H,31,32). The van der Waals surface area contributed by atoms with Crippen LogP contribution in [0.4, 0.5) is 0 Å². The molecular formula is C24H25N5O3S. The molecule has 4 rings (SSSR count). The van der Waals surface area contributed by atoms with Gasteiger partial charge in [0.15, 0.2) is 5.82 Å². The number of carboxylic acid groups (broad SMARTS) is 1. The molecule has 0 saturated heterocycles. The Morgan fingerprint density at radius 2 is 1.85 bits per heavy atom. The Morgan fingerprint density at radius 1 is 1.03 bits per heavy atom. The minimum Gasteiger partial charge on any atom is -0.478 e. The van der Waals surface area contributed by atoms with Crippen molar-refractivity contribution in [1.82, 2.24) is 25.1 Å². The predicted octanol–water partition coefficient (Wildman–Crippen LogP) is 3.51. The molecule has 33 heavy (non-hydrogen) atoms. The highest BCUT2D eigenvalue weighted by molar-refractivity contribution is 7.13. The lowest BCUT2D eigenvalue weighted by molar-refractivity contribution is 0.0696. The molecule has 0 atom stereocenters. The second-order valence-electron chi connectivity index (χ2n) is 7.56. The Hall–Kier alpha value is -3.40. The predicted molar refractivity (Wildman–Crippen MR) is 126 cm³/mol. The molecule has 0 fully saturated rings. The number of hydrogen-bond donors (Lipinski definition) is 3. The molecule has 3 N–H and O–H groups in total. The van der Waals surface area contributed by atoms with Crippen LogP contribution < -0.4 is 5.32 Å². The zero-order valence-corrected chi connectivity index (χ0v) is 18.8. The van der Waals surface area contributed by atoms with Crippen molar-refractivity contribution in [2.24, 2.45) is 0 Å². The van der Waals surface area contributed by atoms with Gasteiger partial charge in [-0.25, -0.2) is 4.79 Å². The molecule has 0 aliphatic carbocycles. The van der Waals surface area contributed by atoms with E-state index in [9.17, 15) is 15.0 Å². The largest absolute Gasteiger partial charge is 0.478 e. The molecule has 0 amide bonds. The Morgan fingerprint density at radius 3 is 2.58 bits per heavy atom. The van der Waals surface area contributed by atoms with Crippen LogP contribution in [0.2, 0.25) is 0 Å². The third-order valence-electron chi connectivity index (χ3n) is 5.19. The zero-order valence-electron chi connectivity index (χ0n) is 18.0. The monoisotopic (exact) mass is 463 g/mol. The van der Waals surface area contributed by atoms with Crippen molar-refractivity contribution in [3.8, 4) is 10.7 Å². The lowest BCUT2D eigenvalue weighted by Gasteiger charge is -2.11. The van der Waals surface area contributed by atoms with Crippen molar-refractivity contribution < 1.29 is 15.0 Å². The Bertz CT molecular complexity index is 1190. The molecule has 4 aromatic rings. The number of nitrogens with one attached hydrogen (secondary N) is 1. The summed E-state index contributed by atoms with van der Waals surface area (Å²) in [6.07, 6.45) is 1.92. The average Bonchev–Trinajstić information content (AvgIpc) is 3.50. The third-order valence-corrected chi connectivity index (χ3v) is 6.05. The lowest BCUT2D eigenvalue weighted by atomic mass is 10.1. The number of carbonyl (C=O) groups is 1. The van der Waals surface area contributed by atoms with Crippen molar-refractivity contribution in [1.29, 1.82) is 0 Å². The number of aromatic carboxylic acids is 1. The normalized spacial score (nSPS) is 11.1. The van der Waals surface area contributed by atoms with Gasteiger partial charge in [0.1, 0.15) is 5.82 Å². The van der Waals surface area contributed by atoms with Gasteiger partial charge in [-0.1, -0.05) is 36.4 Å². The van der Waals surface area contributed by atoms with Crippen LogP contribution in [-0.4, -0.2) is 35.9 Å². The highest BCUT2D eigenvalue weighted by Crippen LogP contribution is 2.24. The number of aromatic nitrogens is 4. The molecule has 0 bridgehead atoms. The van der Waals surface area contributed by atoms with Gasteiger partial charge in [-0.05, 0) is 42.0 Å². The number of benzene rings is 1. The summed E-state index contributed by atoms with van der Waals surface area (Å²) in [4.78, 5) is 16.7. The highest BCUT2D eigenvalue weighted by atomic mass is 32.1. The average molecular weight is 464 g/mol. The number of aliphatic hydroxyl groups excluding tert-OH is 1. The number of thiophene rings is 1. The molecule has 0 unspecified atom stereocenters. The summed E-state index contributed by atoms with van der Waals surface area (Å²) < 4.78 is 2.14. The maximum atomic E-state index is 11.3. The fraction of sp³-hybridized carbons (Fsp3) is 0.250. The molecule has 9 heteroatoms. The molecule has 0 aliphatic rings. The van der Waals surface area contributed by atoms with Gasteiger partial charge in [0, 0.05) is 13.1 Å². The maximum absolute atomic E-state index is 11.3. The third kappa shape index (κ3) is 5.89. The van der Waals surface area contributed by atoms with Crippen molar-refractivity contribution in [3.63, 3.8) is 0 Å². The lowest BCUT2D eigenvalue weighted by Crippen LogP contribution is -2.19. The fourth-order valence-electron chi connectivity index (χ4n) is 3.62. The summed E-state index contributed by atoms with van der Waals surface area (Å²) in [5.74, 6) is 0.610. The van der Waals surface area contributed by atoms with Crippen LogP contribution in [0.15, 0.2) is 60.0 Å². The van der Waals surface area contributed by atoms with Gasteiger partial charge in [0.2, 0.25) is 0 Å². The first-order chi connectivity index (χ1) is 16.1. The van der Waals surface area contributed by atoms with Crippen LogP contribution >= 0.6 is 11.3 Å². The van der Waals surface area contributed by atoms with Crippen LogP contribution in [0, 0.1) is 0 Å². The summed E-state index contributed by atoms with van der Waals surface area (Å²) in [6, 6.07) is 17.3. The first-order valence-corrected chi connectivity index (χ1v) is 11.6. The van der Waals surface area contributed by atoms with Gasteiger partial charge in [0.25, 0.3) is 0 Å². The molecule has 8 nitrogen and oxygen atoms in total. The number of hydrogen-bond acceptors (Lipinski definition) is 7. The second-order valence-corrected chi connectivity index (χ2v) is 8.51. The van der Waals surface area contributed by atoms with E-state index in [-0.39, 0.29) is 12.2 Å². The minimum absolute atomic E-state index is 0.106. The van der Waals surface area contributed by atoms with E-state index in [4.69, 9.17) is 0 Å². The Kier molecular flexibility index (Phi) is 7.56. The summed E-state index contributed by atoms with van der Waals surface area (Å²) >= 11 is 1.63. The van der Waals surface area contributed by atoms with Crippen LogP contribution in [0.25, 0.3) is 10.7 Å². The molecule has 170 valence electrons. The number of aryl methyl sites for hydroxylation is 1. The smallest absolute Gasteiger partial charge is 0.335 e. The van der Waals surface area contributed by atoms with E-state index < -0.39 is 5.97 Å². The summed E-state index contributed by atoms with van der Waals surface area (Å²) in [7, 11) is 0. The van der Waals surface area contributed by atoms with Gasteiger partial charge in [0.05, 0.1) is 35.0 Å². The van der Waals surface area contributed by atoms with E-state index in [1.165, 1.54) is 17.7 Å². The van der Waals surface area contributed by atoms with Crippen LogP contribution in [0.3, 0.4) is 0 Å². The van der Waals surface area contributed by atoms with Crippen molar-refractivity contribution in [2.75, 3.05) is 0 Å². The first-order valence-electron chi connectivity index (χ1n) is 10.7. The number of carboxylic acids is 1. The number of nitrogens with zero attached hydrogens (tertiary/aromatic N) is 4. The highest BCUT2D eigenvalue weighted by Gasteiger charge is 2.15. The van der Waals surface area contributed by atoms with Gasteiger partial charge in [-0.3, -0.25) is 4.98 Å². The van der Waals surface area contributed by atoms with E-state index >= 15 is 0 Å². The van der Waals surface area contributed by atoms with Crippen LogP contribution in [0.5, 0.6) is 0 Å². The van der Waals surface area contributed by atoms with Gasteiger partial charge < -0.3 is 20.1 Å². The fourth-order valence-corrected chi connectivity index (χ4v) is 4.34. The zero-order chi connectivity index (χ0) is 23.0. The van der Waals surface area contributed by atoms with E-state index in [1.54, 1.807) is 11.3 Å². The topological polar surface area (TPSA) is 113 Å². The van der Waals surface area contributed by atoms with E-state index in [0.29, 0.717) is 24.5 Å². The van der Waals surface area contributed by atoms with Gasteiger partial charge in [-0.2, -0.15) is 0 Å². The molecule has 0 saturated carbocycles. The Balaban J connectivity index is 1.46. The molecule has 3 heterocycles. The summed E-state index contributed by atoms with van der Waals surface area (Å²) in [5, 5.41) is 32.8. The van der Waals surface area contributed by atoms with Gasteiger partial charge in [-0.15, -0.1) is 21.5 Å². The van der Waals surface area contributed by atoms with Crippen molar-refractivity contribution in [3.05, 3.63) is 88.3 Å². The van der Waals surface area contributed by atoms with Gasteiger partial charge >= 0.3 is 5.97 Å². The minimum atomic E-state index is -1.05. The first kappa shape index (κ1) is 22.8. The second kappa shape index (κ2) is 11.0. The summed E-state index contributed by atoms with van der Waals surface area (Å²) in [6.45, 7) is 1.28.